The van der Waals surface area contributed by atoms with Crippen molar-refractivity contribution in [3.63, 3.8) is 0 Å². The van der Waals surface area contributed by atoms with Crippen molar-refractivity contribution in [1.82, 2.24) is 14.9 Å². The molecule has 1 heterocycles. The average molecular weight is 265 g/mol. The highest BCUT2D eigenvalue weighted by molar-refractivity contribution is 7.03. The van der Waals surface area contributed by atoms with Crippen LogP contribution in [0.15, 0.2) is 23.6 Å². The van der Waals surface area contributed by atoms with E-state index in [1.807, 2.05) is 30.6 Å². The van der Waals surface area contributed by atoms with Crippen molar-refractivity contribution < 1.29 is 9.47 Å². The van der Waals surface area contributed by atoms with Crippen LogP contribution in [-0.4, -0.2) is 30.9 Å². The van der Waals surface area contributed by atoms with Gasteiger partial charge in [0.15, 0.2) is 11.5 Å². The van der Waals surface area contributed by atoms with E-state index in [0.29, 0.717) is 11.5 Å². The molecule has 1 N–H and O–H groups in total. The number of nitrogens with zero attached hydrogens (tertiary/aromatic N) is 2. The fraction of sp³-hybridized carbons (Fsp3) is 0.333. The summed E-state index contributed by atoms with van der Waals surface area (Å²) in [6, 6.07) is 5.82. The SMILES string of the molecule is CNC(c1ccc(OC)c(OC)c1)c1csnn1. The highest BCUT2D eigenvalue weighted by atomic mass is 32.1. The Kier molecular flexibility index (Phi) is 4.11. The molecule has 18 heavy (non-hydrogen) atoms. The molecule has 0 aliphatic carbocycles. The van der Waals surface area contributed by atoms with E-state index in [4.69, 9.17) is 9.47 Å². The number of benzene rings is 1. The molecule has 0 saturated heterocycles. The van der Waals surface area contributed by atoms with Gasteiger partial charge in [-0.1, -0.05) is 10.6 Å². The van der Waals surface area contributed by atoms with Crippen LogP contribution in [0.4, 0.5) is 0 Å². The second-order valence-corrected chi connectivity index (χ2v) is 4.28. The van der Waals surface area contributed by atoms with Gasteiger partial charge in [-0.05, 0) is 36.3 Å². The molecular weight excluding hydrogens is 250 g/mol. The molecule has 2 aromatic rings. The van der Waals surface area contributed by atoms with Crippen LogP contribution in [-0.2, 0) is 0 Å². The molecule has 0 spiro atoms. The standard InChI is InChI=1S/C12H15N3O2S/c1-13-12(9-7-18-15-14-9)8-4-5-10(16-2)11(6-8)17-3/h4-7,12-13H,1-3H3. The van der Waals surface area contributed by atoms with Crippen molar-refractivity contribution >= 4 is 11.5 Å². The molecule has 5 nitrogen and oxygen atoms in total. The second kappa shape index (κ2) is 5.79. The van der Waals surface area contributed by atoms with E-state index in [1.54, 1.807) is 14.2 Å². The maximum atomic E-state index is 5.30. The monoisotopic (exact) mass is 265 g/mol. The summed E-state index contributed by atoms with van der Waals surface area (Å²) < 4.78 is 14.4. The van der Waals surface area contributed by atoms with Crippen molar-refractivity contribution in [3.8, 4) is 11.5 Å². The summed E-state index contributed by atoms with van der Waals surface area (Å²) in [6.07, 6.45) is 0. The van der Waals surface area contributed by atoms with Gasteiger partial charge in [0.1, 0.15) is 0 Å². The van der Waals surface area contributed by atoms with E-state index in [1.165, 1.54) is 11.5 Å². The van der Waals surface area contributed by atoms with Crippen molar-refractivity contribution in [2.75, 3.05) is 21.3 Å². The Labute approximate surface area is 110 Å². The lowest BCUT2D eigenvalue weighted by Crippen LogP contribution is -2.18. The van der Waals surface area contributed by atoms with E-state index in [0.717, 1.165) is 11.3 Å². The van der Waals surface area contributed by atoms with Gasteiger partial charge in [-0.3, -0.25) is 0 Å². The molecule has 1 atom stereocenters. The molecule has 96 valence electrons. The Morgan fingerprint density at radius 3 is 2.56 bits per heavy atom. The number of hydrogen-bond donors (Lipinski definition) is 1. The van der Waals surface area contributed by atoms with Crippen molar-refractivity contribution in [3.05, 3.63) is 34.8 Å². The quantitative estimate of drug-likeness (QED) is 0.894. The first-order chi connectivity index (χ1) is 8.80. The third-order valence-corrected chi connectivity index (χ3v) is 3.23. The first-order valence-corrected chi connectivity index (χ1v) is 6.30. The van der Waals surface area contributed by atoms with Crippen LogP contribution in [0.2, 0.25) is 0 Å². The third-order valence-electron chi connectivity index (χ3n) is 2.70. The van der Waals surface area contributed by atoms with Gasteiger partial charge in [0.05, 0.1) is 26.0 Å². The minimum Gasteiger partial charge on any atom is -0.493 e. The van der Waals surface area contributed by atoms with E-state index >= 15 is 0 Å². The number of ether oxygens (including phenoxy) is 2. The maximum absolute atomic E-state index is 5.30. The van der Waals surface area contributed by atoms with Crippen LogP contribution in [0.1, 0.15) is 17.3 Å². The zero-order valence-electron chi connectivity index (χ0n) is 10.5. The third kappa shape index (κ3) is 2.44. The summed E-state index contributed by atoms with van der Waals surface area (Å²) in [6.45, 7) is 0. The zero-order valence-corrected chi connectivity index (χ0v) is 11.3. The fourth-order valence-electron chi connectivity index (χ4n) is 1.82. The lowest BCUT2D eigenvalue weighted by molar-refractivity contribution is 0.354. The van der Waals surface area contributed by atoms with Gasteiger partial charge in [-0.15, -0.1) is 5.10 Å². The predicted molar refractivity (Wildman–Crippen MR) is 70.4 cm³/mol. The van der Waals surface area contributed by atoms with Crippen LogP contribution < -0.4 is 14.8 Å². The lowest BCUT2D eigenvalue weighted by Gasteiger charge is -2.16. The van der Waals surface area contributed by atoms with Gasteiger partial charge < -0.3 is 14.8 Å². The van der Waals surface area contributed by atoms with Gasteiger partial charge in [0, 0.05) is 5.38 Å². The minimum atomic E-state index is 0.00329. The van der Waals surface area contributed by atoms with Gasteiger partial charge in [-0.25, -0.2) is 0 Å². The number of rotatable bonds is 5. The Balaban J connectivity index is 2.37. The summed E-state index contributed by atoms with van der Waals surface area (Å²) in [4.78, 5) is 0. The van der Waals surface area contributed by atoms with Gasteiger partial charge in [0.2, 0.25) is 0 Å². The molecule has 1 aromatic heterocycles. The van der Waals surface area contributed by atoms with Crippen molar-refractivity contribution in [2.24, 2.45) is 0 Å². The van der Waals surface area contributed by atoms with E-state index in [-0.39, 0.29) is 6.04 Å². The molecule has 0 bridgehead atoms. The van der Waals surface area contributed by atoms with Crippen LogP contribution in [0, 0.1) is 0 Å². The van der Waals surface area contributed by atoms with E-state index in [2.05, 4.69) is 14.9 Å². The van der Waals surface area contributed by atoms with Crippen LogP contribution in [0.25, 0.3) is 0 Å². The summed E-state index contributed by atoms with van der Waals surface area (Å²) >= 11 is 1.34. The Morgan fingerprint density at radius 2 is 2.00 bits per heavy atom. The van der Waals surface area contributed by atoms with Crippen molar-refractivity contribution in [1.29, 1.82) is 0 Å². The fourth-order valence-corrected chi connectivity index (χ4v) is 2.30. The molecule has 1 aromatic carbocycles. The van der Waals surface area contributed by atoms with Gasteiger partial charge in [-0.2, -0.15) is 0 Å². The molecule has 0 saturated carbocycles. The first-order valence-electron chi connectivity index (χ1n) is 5.46. The van der Waals surface area contributed by atoms with E-state index < -0.39 is 0 Å². The van der Waals surface area contributed by atoms with Crippen molar-refractivity contribution in [2.45, 2.75) is 6.04 Å². The lowest BCUT2D eigenvalue weighted by atomic mass is 10.0. The van der Waals surface area contributed by atoms with Gasteiger partial charge in [0.25, 0.3) is 0 Å². The zero-order chi connectivity index (χ0) is 13.0. The summed E-state index contributed by atoms with van der Waals surface area (Å²) in [5.74, 6) is 1.42. The molecule has 0 radical (unpaired) electrons. The Morgan fingerprint density at radius 1 is 1.22 bits per heavy atom. The molecule has 0 aliphatic heterocycles. The molecular formula is C12H15N3O2S. The Hall–Kier alpha value is -1.66. The highest BCUT2D eigenvalue weighted by Gasteiger charge is 2.16. The number of aromatic nitrogens is 2. The molecule has 1 unspecified atom stereocenters. The topological polar surface area (TPSA) is 56.3 Å². The normalized spacial score (nSPS) is 12.2. The number of methoxy groups -OCH3 is 2. The second-order valence-electron chi connectivity index (χ2n) is 3.67. The van der Waals surface area contributed by atoms with Crippen LogP contribution >= 0.6 is 11.5 Å². The largest absolute Gasteiger partial charge is 0.493 e. The summed E-state index contributed by atoms with van der Waals surface area (Å²) in [7, 11) is 5.14. The van der Waals surface area contributed by atoms with E-state index in [9.17, 15) is 0 Å². The first kappa shape index (κ1) is 12.8. The Bertz CT molecular complexity index is 502. The average Bonchev–Trinajstić information content (AvgIpc) is 2.93. The molecule has 0 fully saturated rings. The smallest absolute Gasteiger partial charge is 0.161 e. The van der Waals surface area contributed by atoms with Crippen LogP contribution in [0.5, 0.6) is 11.5 Å². The van der Waals surface area contributed by atoms with Crippen LogP contribution in [0.3, 0.4) is 0 Å². The molecule has 0 aliphatic rings. The maximum Gasteiger partial charge on any atom is 0.161 e. The highest BCUT2D eigenvalue weighted by Crippen LogP contribution is 2.31. The molecule has 0 amide bonds. The minimum absolute atomic E-state index is 0.00329. The number of hydrogen-bond acceptors (Lipinski definition) is 6. The van der Waals surface area contributed by atoms with Gasteiger partial charge >= 0.3 is 0 Å². The molecule has 6 heteroatoms. The molecule has 2 rings (SSSR count). The predicted octanol–water partition coefficient (Wildman–Crippen LogP) is 1.86. The summed E-state index contributed by atoms with van der Waals surface area (Å²) in [5.41, 5.74) is 1.96. The number of nitrogens with one attached hydrogen (secondary N) is 1. The summed E-state index contributed by atoms with van der Waals surface area (Å²) in [5, 5.41) is 9.24.